The molecule has 0 bridgehead atoms. The molecule has 0 aliphatic rings. The van der Waals surface area contributed by atoms with Gasteiger partial charge in [-0.3, -0.25) is 9.78 Å². The fourth-order valence-corrected chi connectivity index (χ4v) is 3.46. The lowest BCUT2D eigenvalue weighted by Crippen LogP contribution is -2.22. The lowest BCUT2D eigenvalue weighted by Gasteiger charge is -2.10. The molecule has 0 amide bonds. The molecule has 7 heteroatoms. The number of hydrogen-bond donors (Lipinski definition) is 2. The number of hydrogen-bond acceptors (Lipinski definition) is 6. The van der Waals surface area contributed by atoms with E-state index in [1.807, 2.05) is 73.7 Å². The van der Waals surface area contributed by atoms with Gasteiger partial charge in [0.25, 0.3) is 6.01 Å². The Balaban J connectivity index is 1.60. The number of para-hydroxylation sites is 1. The van der Waals surface area contributed by atoms with Crippen LogP contribution in [0.2, 0.25) is 0 Å². The Hall–Kier alpha value is -4.13. The number of pyridine rings is 1. The van der Waals surface area contributed by atoms with Gasteiger partial charge in [0.05, 0.1) is 5.92 Å². The lowest BCUT2D eigenvalue weighted by atomic mass is 10.0. The molecule has 0 aliphatic heterocycles. The van der Waals surface area contributed by atoms with Crippen LogP contribution in [0, 0.1) is 5.92 Å². The number of anilines is 1. The molecule has 0 spiro atoms. The minimum absolute atomic E-state index is 0.236. The van der Waals surface area contributed by atoms with Gasteiger partial charge in [0.1, 0.15) is 17.2 Å². The third kappa shape index (κ3) is 5.57. The van der Waals surface area contributed by atoms with Crippen molar-refractivity contribution in [2.24, 2.45) is 5.92 Å². The van der Waals surface area contributed by atoms with Crippen molar-refractivity contribution in [2.45, 2.75) is 19.8 Å². The topological polar surface area (TPSA) is 97.5 Å². The van der Waals surface area contributed by atoms with Crippen LogP contribution >= 0.6 is 0 Å². The first kappa shape index (κ1) is 22.1. The zero-order chi connectivity index (χ0) is 23.0. The van der Waals surface area contributed by atoms with E-state index < -0.39 is 11.9 Å². The van der Waals surface area contributed by atoms with Crippen molar-refractivity contribution in [2.75, 3.05) is 11.9 Å². The van der Waals surface area contributed by atoms with E-state index in [0.29, 0.717) is 23.6 Å². The Morgan fingerprint density at radius 1 is 1.03 bits per heavy atom. The van der Waals surface area contributed by atoms with Crippen molar-refractivity contribution >= 4 is 12.0 Å². The number of ether oxygens (including phenoxy) is 1. The highest BCUT2D eigenvalue weighted by Crippen LogP contribution is 2.35. The number of benzene rings is 2. The van der Waals surface area contributed by atoms with E-state index in [-0.39, 0.29) is 12.6 Å². The van der Waals surface area contributed by atoms with Gasteiger partial charge < -0.3 is 19.6 Å². The second kappa shape index (κ2) is 10.5. The molecular formula is C26H25N3O4. The van der Waals surface area contributed by atoms with Crippen LogP contribution in [0.1, 0.15) is 19.8 Å². The Morgan fingerprint density at radius 3 is 2.45 bits per heavy atom. The summed E-state index contributed by atoms with van der Waals surface area (Å²) in [5, 5.41) is 12.5. The van der Waals surface area contributed by atoms with E-state index in [0.717, 1.165) is 23.3 Å². The predicted octanol–water partition coefficient (Wildman–Crippen LogP) is 6.11. The van der Waals surface area contributed by atoms with Crippen LogP contribution in [0.25, 0.3) is 22.6 Å². The summed E-state index contributed by atoms with van der Waals surface area (Å²) in [6, 6.07) is 21.1. The molecule has 0 aliphatic carbocycles. The molecule has 7 nitrogen and oxygen atoms in total. The van der Waals surface area contributed by atoms with Gasteiger partial charge >= 0.3 is 5.97 Å². The number of carboxylic acid groups (broad SMARTS) is 1. The molecule has 2 heterocycles. The fourth-order valence-electron chi connectivity index (χ4n) is 3.46. The van der Waals surface area contributed by atoms with Crippen molar-refractivity contribution in [1.82, 2.24) is 9.97 Å². The number of aromatic nitrogens is 2. The molecule has 33 heavy (non-hydrogen) atoms. The first-order valence-corrected chi connectivity index (χ1v) is 10.8. The standard InChI is InChI=1S/C26H25N3O4/c1-2-7-20(25(30)31)17-28-26-29-23(24(33-26)19-8-6-15-27-16-19)18-11-13-22(14-12-18)32-21-9-4-3-5-10-21/h3-6,8-16,20H,2,7,17H2,1H3,(H,28,29)(H,30,31). The van der Waals surface area contributed by atoms with Crippen LogP contribution in [0.3, 0.4) is 0 Å². The van der Waals surface area contributed by atoms with Gasteiger partial charge in [-0.2, -0.15) is 4.98 Å². The fraction of sp³-hybridized carbons (Fsp3) is 0.192. The molecule has 0 saturated heterocycles. The smallest absolute Gasteiger partial charge is 0.308 e. The molecule has 2 N–H and O–H groups in total. The molecule has 2 aromatic carbocycles. The van der Waals surface area contributed by atoms with Crippen LogP contribution in [0.15, 0.2) is 83.5 Å². The van der Waals surface area contributed by atoms with Gasteiger partial charge in [0.15, 0.2) is 5.76 Å². The third-order valence-corrected chi connectivity index (χ3v) is 5.14. The quantitative estimate of drug-likeness (QED) is 0.305. The maximum Gasteiger partial charge on any atom is 0.308 e. The molecule has 4 aromatic rings. The van der Waals surface area contributed by atoms with E-state index in [2.05, 4.69) is 15.3 Å². The molecule has 0 radical (unpaired) electrons. The average molecular weight is 444 g/mol. The Labute approximate surface area is 192 Å². The minimum Gasteiger partial charge on any atom is -0.481 e. The SMILES string of the molecule is CCCC(CNc1nc(-c2ccc(Oc3ccccc3)cc2)c(-c2cccnc2)o1)C(=O)O. The van der Waals surface area contributed by atoms with Crippen molar-refractivity contribution < 1.29 is 19.1 Å². The third-order valence-electron chi connectivity index (χ3n) is 5.14. The number of carboxylic acids is 1. The summed E-state index contributed by atoms with van der Waals surface area (Å²) in [6.07, 6.45) is 4.76. The monoisotopic (exact) mass is 443 g/mol. The molecule has 0 fully saturated rings. The number of oxazole rings is 1. The summed E-state index contributed by atoms with van der Waals surface area (Å²) in [5.74, 6) is 0.678. The maximum atomic E-state index is 11.5. The highest BCUT2D eigenvalue weighted by Gasteiger charge is 2.20. The molecule has 0 saturated carbocycles. The van der Waals surface area contributed by atoms with E-state index in [1.165, 1.54) is 0 Å². The van der Waals surface area contributed by atoms with Crippen LogP contribution in [0.4, 0.5) is 6.01 Å². The van der Waals surface area contributed by atoms with Gasteiger partial charge in [-0.25, -0.2) is 0 Å². The second-order valence-corrected chi connectivity index (χ2v) is 7.58. The Morgan fingerprint density at radius 2 is 1.79 bits per heavy atom. The molecule has 4 rings (SSSR count). The summed E-state index contributed by atoms with van der Waals surface area (Å²) in [5.41, 5.74) is 2.26. The summed E-state index contributed by atoms with van der Waals surface area (Å²) in [6.45, 7) is 2.20. The molecule has 168 valence electrons. The average Bonchev–Trinajstić information content (AvgIpc) is 3.27. The number of aliphatic carboxylic acids is 1. The highest BCUT2D eigenvalue weighted by molar-refractivity contribution is 5.78. The van der Waals surface area contributed by atoms with Crippen LogP contribution in [-0.2, 0) is 4.79 Å². The highest BCUT2D eigenvalue weighted by atomic mass is 16.5. The first-order chi connectivity index (χ1) is 16.1. The van der Waals surface area contributed by atoms with E-state index in [9.17, 15) is 9.90 Å². The van der Waals surface area contributed by atoms with Gasteiger partial charge in [-0.05, 0) is 55.0 Å². The minimum atomic E-state index is -0.836. The number of nitrogens with one attached hydrogen (secondary N) is 1. The molecule has 1 unspecified atom stereocenters. The second-order valence-electron chi connectivity index (χ2n) is 7.58. The van der Waals surface area contributed by atoms with Gasteiger partial charge in [-0.1, -0.05) is 31.5 Å². The number of nitrogens with zero attached hydrogens (tertiary/aromatic N) is 2. The summed E-state index contributed by atoms with van der Waals surface area (Å²) in [4.78, 5) is 20.3. The zero-order valence-electron chi connectivity index (χ0n) is 18.3. The molecular weight excluding hydrogens is 418 g/mol. The molecule has 1 atom stereocenters. The maximum absolute atomic E-state index is 11.5. The van der Waals surface area contributed by atoms with Crippen LogP contribution in [0.5, 0.6) is 11.5 Å². The van der Waals surface area contributed by atoms with E-state index >= 15 is 0 Å². The van der Waals surface area contributed by atoms with Crippen LogP contribution in [-0.4, -0.2) is 27.6 Å². The predicted molar refractivity (Wildman–Crippen MR) is 126 cm³/mol. The lowest BCUT2D eigenvalue weighted by molar-refractivity contribution is -0.141. The summed E-state index contributed by atoms with van der Waals surface area (Å²) in [7, 11) is 0. The number of rotatable bonds is 10. The van der Waals surface area contributed by atoms with Crippen LogP contribution < -0.4 is 10.1 Å². The Bertz CT molecular complexity index is 1180. The van der Waals surface area contributed by atoms with E-state index in [1.54, 1.807) is 12.4 Å². The number of carbonyl (C=O) groups is 1. The Kier molecular flexibility index (Phi) is 6.99. The van der Waals surface area contributed by atoms with Gasteiger partial charge in [-0.15, -0.1) is 0 Å². The van der Waals surface area contributed by atoms with Crippen molar-refractivity contribution in [3.8, 4) is 34.1 Å². The van der Waals surface area contributed by atoms with Crippen molar-refractivity contribution in [3.05, 3.63) is 79.1 Å². The normalized spacial score (nSPS) is 11.7. The van der Waals surface area contributed by atoms with E-state index in [4.69, 9.17) is 9.15 Å². The van der Waals surface area contributed by atoms with Gasteiger partial charge in [0, 0.05) is 30.1 Å². The molecule has 2 aromatic heterocycles. The van der Waals surface area contributed by atoms with Crippen molar-refractivity contribution in [1.29, 1.82) is 0 Å². The first-order valence-electron chi connectivity index (χ1n) is 10.8. The summed E-state index contributed by atoms with van der Waals surface area (Å²) >= 11 is 0. The van der Waals surface area contributed by atoms with Gasteiger partial charge in [0.2, 0.25) is 0 Å². The van der Waals surface area contributed by atoms with Crippen molar-refractivity contribution in [3.63, 3.8) is 0 Å². The zero-order valence-corrected chi connectivity index (χ0v) is 18.3. The largest absolute Gasteiger partial charge is 0.481 e. The summed E-state index contributed by atoms with van der Waals surface area (Å²) < 4.78 is 11.9.